The van der Waals surface area contributed by atoms with Crippen molar-refractivity contribution in [2.75, 3.05) is 7.11 Å². The number of hydrogen-bond donors (Lipinski definition) is 0. The molecule has 0 saturated heterocycles. The number of pyridine rings is 1. The molecule has 23 heavy (non-hydrogen) atoms. The van der Waals surface area contributed by atoms with Crippen molar-refractivity contribution in [2.45, 2.75) is 44.1 Å². The smallest absolute Gasteiger partial charge is 0.265 e. The second-order valence-corrected chi connectivity index (χ2v) is 6.51. The van der Waals surface area contributed by atoms with Gasteiger partial charge in [0, 0.05) is 30.1 Å². The molecule has 1 unspecified atom stereocenters. The normalized spacial score (nSPS) is 23.1. The van der Waals surface area contributed by atoms with Gasteiger partial charge in [0.2, 0.25) is 0 Å². The zero-order valence-electron chi connectivity index (χ0n) is 13.1. The second kappa shape index (κ2) is 5.33. The molecule has 7 heteroatoms. The van der Waals surface area contributed by atoms with Gasteiger partial charge in [0.15, 0.2) is 0 Å². The Morgan fingerprint density at radius 3 is 2.70 bits per heavy atom. The Kier molecular flexibility index (Phi) is 3.71. The number of ether oxygens (including phenoxy) is 1. The van der Waals surface area contributed by atoms with E-state index in [1.165, 1.54) is 7.11 Å². The van der Waals surface area contributed by atoms with Crippen LogP contribution in [-0.4, -0.2) is 17.3 Å². The van der Waals surface area contributed by atoms with Crippen LogP contribution in [0.4, 0.5) is 13.2 Å². The summed E-state index contributed by atoms with van der Waals surface area (Å²) in [6, 6.07) is 0.823. The monoisotopic (exact) mass is 326 g/mol. The number of fused-ring (bicyclic) bond motifs is 1. The minimum atomic E-state index is -2.84. The number of nitrogens with zero attached hydrogens (tertiary/aromatic N) is 2. The molecule has 4 nitrogen and oxygen atoms in total. The molecule has 2 heterocycles. The first-order chi connectivity index (χ1) is 10.8. The van der Waals surface area contributed by atoms with Crippen LogP contribution in [0.1, 0.15) is 49.3 Å². The maximum absolute atomic E-state index is 13.4. The molecule has 2 aromatic heterocycles. The van der Waals surface area contributed by atoms with Crippen molar-refractivity contribution in [2.24, 2.45) is 0 Å². The summed E-state index contributed by atoms with van der Waals surface area (Å²) >= 11 is 0. The van der Waals surface area contributed by atoms with E-state index in [0.717, 1.165) is 17.8 Å². The lowest BCUT2D eigenvalue weighted by Gasteiger charge is -2.42. The van der Waals surface area contributed by atoms with E-state index in [1.54, 1.807) is 6.20 Å². The van der Waals surface area contributed by atoms with Crippen LogP contribution in [0.2, 0.25) is 0 Å². The first-order valence-corrected chi connectivity index (χ1v) is 7.22. The Morgan fingerprint density at radius 1 is 1.30 bits per heavy atom. The van der Waals surface area contributed by atoms with Gasteiger partial charge in [-0.1, -0.05) is 19.0 Å². The Balaban J connectivity index is 2.18. The zero-order valence-corrected chi connectivity index (χ0v) is 13.1. The number of halogens is 3. The SMILES string of the molecule is COC1(c2ncc(F)cc2C(F)F)Cc2cnoc2C(C)(C)C1. The van der Waals surface area contributed by atoms with Crippen molar-refractivity contribution < 1.29 is 22.4 Å². The fraction of sp³-hybridized carbons (Fsp3) is 0.500. The standard InChI is InChI=1S/C16H17F3N2O2/c1-15(2)8-16(22-3,5-9-6-21-23-13(9)15)12-11(14(18)19)4-10(17)7-20-12/h4,6-7,14H,5,8H2,1-3H3. The number of methoxy groups -OCH3 is 1. The van der Waals surface area contributed by atoms with Crippen LogP contribution in [0.5, 0.6) is 0 Å². The van der Waals surface area contributed by atoms with Gasteiger partial charge in [-0.05, 0) is 12.5 Å². The van der Waals surface area contributed by atoms with E-state index in [1.807, 2.05) is 13.8 Å². The molecule has 0 radical (unpaired) electrons. The van der Waals surface area contributed by atoms with E-state index in [2.05, 4.69) is 10.1 Å². The maximum Gasteiger partial charge on any atom is 0.265 e. The minimum absolute atomic E-state index is 0.0660. The van der Waals surface area contributed by atoms with Crippen molar-refractivity contribution in [3.8, 4) is 0 Å². The molecule has 0 spiro atoms. The fourth-order valence-electron chi connectivity index (χ4n) is 3.52. The number of rotatable bonds is 3. The van der Waals surface area contributed by atoms with Crippen LogP contribution in [0.25, 0.3) is 0 Å². The van der Waals surface area contributed by atoms with E-state index in [4.69, 9.17) is 9.26 Å². The van der Waals surface area contributed by atoms with Crippen LogP contribution >= 0.6 is 0 Å². The first kappa shape index (κ1) is 16.0. The third kappa shape index (κ3) is 2.52. The summed E-state index contributed by atoms with van der Waals surface area (Å²) in [5, 5.41) is 3.81. The van der Waals surface area contributed by atoms with Gasteiger partial charge in [0.25, 0.3) is 6.43 Å². The molecule has 2 aromatic rings. The quantitative estimate of drug-likeness (QED) is 0.858. The van der Waals surface area contributed by atoms with Crippen LogP contribution < -0.4 is 0 Å². The third-order valence-electron chi connectivity index (χ3n) is 4.40. The van der Waals surface area contributed by atoms with Gasteiger partial charge in [0.05, 0.1) is 18.1 Å². The molecular formula is C16H17F3N2O2. The van der Waals surface area contributed by atoms with Crippen molar-refractivity contribution in [3.05, 3.63) is 46.9 Å². The van der Waals surface area contributed by atoms with Crippen molar-refractivity contribution in [1.29, 1.82) is 0 Å². The molecule has 0 N–H and O–H groups in total. The van der Waals surface area contributed by atoms with Gasteiger partial charge in [0.1, 0.15) is 17.2 Å². The highest BCUT2D eigenvalue weighted by Crippen LogP contribution is 2.49. The molecule has 0 amide bonds. The van der Waals surface area contributed by atoms with Crippen LogP contribution in [0.3, 0.4) is 0 Å². The number of aromatic nitrogens is 2. The van der Waals surface area contributed by atoms with Crippen molar-refractivity contribution >= 4 is 0 Å². The van der Waals surface area contributed by atoms with E-state index < -0.39 is 28.8 Å². The lowest BCUT2D eigenvalue weighted by Crippen LogP contribution is -2.43. The molecule has 0 aromatic carbocycles. The van der Waals surface area contributed by atoms with Gasteiger partial charge >= 0.3 is 0 Å². The van der Waals surface area contributed by atoms with Gasteiger partial charge in [-0.2, -0.15) is 0 Å². The molecule has 0 saturated carbocycles. The molecule has 1 aliphatic carbocycles. The highest BCUT2D eigenvalue weighted by molar-refractivity contribution is 5.36. The van der Waals surface area contributed by atoms with Crippen LogP contribution in [0, 0.1) is 5.82 Å². The van der Waals surface area contributed by atoms with Gasteiger partial charge in [-0.25, -0.2) is 13.2 Å². The maximum atomic E-state index is 13.4. The lowest BCUT2D eigenvalue weighted by molar-refractivity contribution is -0.0534. The fourth-order valence-corrected chi connectivity index (χ4v) is 3.52. The molecular weight excluding hydrogens is 309 g/mol. The van der Waals surface area contributed by atoms with Crippen molar-refractivity contribution in [3.63, 3.8) is 0 Å². The first-order valence-electron chi connectivity index (χ1n) is 7.22. The summed E-state index contributed by atoms with van der Waals surface area (Å²) in [5.41, 5.74) is -1.15. The summed E-state index contributed by atoms with van der Waals surface area (Å²) in [6.45, 7) is 3.85. The predicted octanol–water partition coefficient (Wildman–Crippen LogP) is 3.91. The van der Waals surface area contributed by atoms with E-state index >= 15 is 0 Å². The largest absolute Gasteiger partial charge is 0.372 e. The summed E-state index contributed by atoms with van der Waals surface area (Å²) in [7, 11) is 1.45. The average molecular weight is 326 g/mol. The zero-order chi connectivity index (χ0) is 16.8. The lowest BCUT2D eigenvalue weighted by atomic mass is 9.68. The minimum Gasteiger partial charge on any atom is -0.372 e. The van der Waals surface area contributed by atoms with Crippen molar-refractivity contribution in [1.82, 2.24) is 10.1 Å². The number of hydrogen-bond acceptors (Lipinski definition) is 4. The van der Waals surface area contributed by atoms with Gasteiger partial charge < -0.3 is 9.26 Å². The Bertz CT molecular complexity index is 730. The van der Waals surface area contributed by atoms with Gasteiger partial charge in [-0.15, -0.1) is 0 Å². The highest BCUT2D eigenvalue weighted by atomic mass is 19.3. The Morgan fingerprint density at radius 2 is 2.04 bits per heavy atom. The van der Waals surface area contributed by atoms with Crippen LogP contribution in [0.15, 0.2) is 23.0 Å². The molecule has 3 rings (SSSR count). The summed E-state index contributed by atoms with van der Waals surface area (Å²) in [6.07, 6.45) is 0.335. The average Bonchev–Trinajstić information content (AvgIpc) is 2.95. The molecule has 0 fully saturated rings. The topological polar surface area (TPSA) is 48.2 Å². The van der Waals surface area contributed by atoms with Gasteiger partial charge in [-0.3, -0.25) is 4.98 Å². The molecule has 124 valence electrons. The molecule has 1 aliphatic rings. The molecule has 0 bridgehead atoms. The number of alkyl halides is 2. The predicted molar refractivity (Wildman–Crippen MR) is 75.7 cm³/mol. The molecule has 0 aliphatic heterocycles. The summed E-state index contributed by atoms with van der Waals surface area (Å²) in [4.78, 5) is 3.96. The Hall–Kier alpha value is -1.89. The van der Waals surface area contributed by atoms with E-state index in [9.17, 15) is 13.2 Å². The van der Waals surface area contributed by atoms with E-state index in [0.29, 0.717) is 18.6 Å². The summed E-state index contributed by atoms with van der Waals surface area (Å²) < 4.78 is 51.2. The van der Waals surface area contributed by atoms with Crippen LogP contribution in [-0.2, 0) is 22.2 Å². The second-order valence-electron chi connectivity index (χ2n) is 6.51. The molecule has 1 atom stereocenters. The highest BCUT2D eigenvalue weighted by Gasteiger charge is 2.49. The Labute approximate surface area is 131 Å². The van der Waals surface area contributed by atoms with E-state index in [-0.39, 0.29) is 5.69 Å². The summed E-state index contributed by atoms with van der Waals surface area (Å²) in [5.74, 6) is -0.0816. The third-order valence-corrected chi connectivity index (χ3v) is 4.40.